The van der Waals surface area contributed by atoms with Crippen LogP contribution in [-0.4, -0.2) is 0 Å². The van der Waals surface area contributed by atoms with E-state index in [9.17, 15) is 13.2 Å². The largest absolute Gasteiger partial charge is 0.464 e. The quantitative estimate of drug-likeness (QED) is 0.640. The lowest BCUT2D eigenvalue weighted by Crippen LogP contribution is -1.90. The molecule has 0 amide bonds. The molecule has 0 saturated heterocycles. The second-order valence-corrected chi connectivity index (χ2v) is 2.73. The van der Waals surface area contributed by atoms with Crippen LogP contribution in [0.1, 0.15) is 0 Å². The minimum atomic E-state index is -1.23. The van der Waals surface area contributed by atoms with Crippen LogP contribution >= 0.6 is 0 Å². The van der Waals surface area contributed by atoms with Crippen molar-refractivity contribution in [2.24, 2.45) is 0 Å². The number of hydrogen-bond donors (Lipinski definition) is 0. The number of rotatable bonds is 1. The lowest BCUT2D eigenvalue weighted by Gasteiger charge is -2.00. The summed E-state index contributed by atoms with van der Waals surface area (Å²) >= 11 is 0. The van der Waals surface area contributed by atoms with Crippen LogP contribution in [0.2, 0.25) is 0 Å². The molecule has 72 valence electrons. The van der Waals surface area contributed by atoms with E-state index < -0.39 is 17.5 Å². The van der Waals surface area contributed by atoms with E-state index in [0.29, 0.717) is 6.07 Å². The first kappa shape index (κ1) is 8.87. The number of halogens is 3. The molecule has 0 atom stereocenters. The average molecular weight is 198 g/mol. The molecule has 0 saturated carbocycles. The van der Waals surface area contributed by atoms with E-state index in [1.165, 1.54) is 18.4 Å². The normalized spacial score (nSPS) is 10.5. The van der Waals surface area contributed by atoms with Crippen molar-refractivity contribution in [2.45, 2.75) is 0 Å². The van der Waals surface area contributed by atoms with Crippen molar-refractivity contribution in [3.8, 4) is 11.3 Å². The van der Waals surface area contributed by atoms with Crippen LogP contribution in [0.5, 0.6) is 0 Å². The zero-order chi connectivity index (χ0) is 10.1. The molecule has 0 bridgehead atoms. The van der Waals surface area contributed by atoms with Gasteiger partial charge in [0.25, 0.3) is 0 Å². The molecule has 0 unspecified atom stereocenters. The van der Waals surface area contributed by atoms with Gasteiger partial charge >= 0.3 is 0 Å². The fourth-order valence-electron chi connectivity index (χ4n) is 1.17. The first-order chi connectivity index (χ1) is 6.68. The van der Waals surface area contributed by atoms with Crippen molar-refractivity contribution in [3.63, 3.8) is 0 Å². The summed E-state index contributed by atoms with van der Waals surface area (Å²) in [6.45, 7) is 0. The van der Waals surface area contributed by atoms with Crippen LogP contribution in [0.15, 0.2) is 34.9 Å². The van der Waals surface area contributed by atoms with Gasteiger partial charge in [-0.1, -0.05) is 0 Å². The van der Waals surface area contributed by atoms with Crippen LogP contribution in [0.4, 0.5) is 13.2 Å². The van der Waals surface area contributed by atoms with Gasteiger partial charge in [-0.25, -0.2) is 13.2 Å². The Kier molecular flexibility index (Phi) is 2.04. The molecule has 2 rings (SSSR count). The van der Waals surface area contributed by atoms with Gasteiger partial charge < -0.3 is 4.42 Å². The van der Waals surface area contributed by atoms with Gasteiger partial charge in [0.1, 0.15) is 11.6 Å². The third kappa shape index (κ3) is 1.39. The summed E-state index contributed by atoms with van der Waals surface area (Å²) in [5.41, 5.74) is -0.215. The first-order valence-electron chi connectivity index (χ1n) is 3.87. The van der Waals surface area contributed by atoms with Crippen LogP contribution in [0.25, 0.3) is 11.3 Å². The molecule has 2 aromatic rings. The average Bonchev–Trinajstić information content (AvgIpc) is 2.63. The third-order valence-corrected chi connectivity index (χ3v) is 1.78. The summed E-state index contributed by atoms with van der Waals surface area (Å²) in [5.74, 6) is -3.08. The van der Waals surface area contributed by atoms with Crippen molar-refractivity contribution in [2.75, 3.05) is 0 Å². The molecule has 0 aliphatic carbocycles. The Morgan fingerprint density at radius 3 is 2.50 bits per heavy atom. The Morgan fingerprint density at radius 2 is 1.86 bits per heavy atom. The Balaban J connectivity index is 2.64. The molecule has 14 heavy (non-hydrogen) atoms. The van der Waals surface area contributed by atoms with Crippen molar-refractivity contribution < 1.29 is 17.6 Å². The second-order valence-electron chi connectivity index (χ2n) is 2.73. The fourth-order valence-corrected chi connectivity index (χ4v) is 1.17. The lowest BCUT2D eigenvalue weighted by atomic mass is 10.1. The lowest BCUT2D eigenvalue weighted by molar-refractivity contribution is 0.491. The summed E-state index contributed by atoms with van der Waals surface area (Å²) in [7, 11) is 0. The minimum Gasteiger partial charge on any atom is -0.464 e. The Hall–Kier alpha value is -1.71. The van der Waals surface area contributed by atoms with Gasteiger partial charge in [-0.05, 0) is 18.2 Å². The van der Waals surface area contributed by atoms with Crippen molar-refractivity contribution >= 4 is 0 Å². The molecule has 1 heterocycles. The maximum Gasteiger partial charge on any atom is 0.169 e. The Bertz CT molecular complexity index is 449. The molecule has 1 aromatic heterocycles. The first-order valence-corrected chi connectivity index (χ1v) is 3.87. The highest BCUT2D eigenvalue weighted by Gasteiger charge is 2.14. The molecule has 0 fully saturated rings. The monoisotopic (exact) mass is 198 g/mol. The summed E-state index contributed by atoms with van der Waals surface area (Å²) in [6, 6.07) is 4.31. The zero-order valence-electron chi connectivity index (χ0n) is 6.93. The van der Waals surface area contributed by atoms with Crippen molar-refractivity contribution in [1.29, 1.82) is 0 Å². The minimum absolute atomic E-state index is 0.0981. The second kappa shape index (κ2) is 3.21. The predicted octanol–water partition coefficient (Wildman–Crippen LogP) is 3.36. The number of benzene rings is 1. The van der Waals surface area contributed by atoms with E-state index in [1.54, 1.807) is 0 Å². The smallest absolute Gasteiger partial charge is 0.169 e. The van der Waals surface area contributed by atoms with E-state index in [-0.39, 0.29) is 11.3 Å². The molecule has 1 aromatic carbocycles. The number of hydrogen-bond acceptors (Lipinski definition) is 1. The predicted molar refractivity (Wildman–Crippen MR) is 44.0 cm³/mol. The van der Waals surface area contributed by atoms with Crippen LogP contribution in [0, 0.1) is 17.5 Å². The van der Waals surface area contributed by atoms with E-state index >= 15 is 0 Å². The van der Waals surface area contributed by atoms with Gasteiger partial charge in [0.05, 0.1) is 11.8 Å². The Labute approximate surface area is 77.8 Å². The van der Waals surface area contributed by atoms with E-state index in [2.05, 4.69) is 0 Å². The standard InChI is InChI=1S/C10H5F3O/c11-6-4-7(9-2-1-3-14-9)10(13)8(12)5-6/h1-5H. The van der Waals surface area contributed by atoms with Gasteiger partial charge in [0.2, 0.25) is 0 Å². The third-order valence-electron chi connectivity index (χ3n) is 1.78. The molecular formula is C10H5F3O. The van der Waals surface area contributed by atoms with Gasteiger partial charge in [0.15, 0.2) is 11.6 Å². The molecule has 0 radical (unpaired) electrons. The van der Waals surface area contributed by atoms with Gasteiger partial charge in [-0.15, -0.1) is 0 Å². The summed E-state index contributed by atoms with van der Waals surface area (Å²) in [4.78, 5) is 0. The molecule has 0 spiro atoms. The SMILES string of the molecule is Fc1cc(F)c(F)c(-c2ccco2)c1. The fraction of sp³-hybridized carbons (Fsp3) is 0. The maximum atomic E-state index is 13.1. The van der Waals surface area contributed by atoms with Crippen LogP contribution < -0.4 is 0 Å². The zero-order valence-corrected chi connectivity index (χ0v) is 6.93. The molecule has 1 nitrogen and oxygen atoms in total. The topological polar surface area (TPSA) is 13.1 Å². The molecule has 0 N–H and O–H groups in total. The van der Waals surface area contributed by atoms with Gasteiger partial charge in [-0.2, -0.15) is 0 Å². The molecular weight excluding hydrogens is 193 g/mol. The van der Waals surface area contributed by atoms with Gasteiger partial charge in [0, 0.05) is 6.07 Å². The van der Waals surface area contributed by atoms with Crippen LogP contribution in [-0.2, 0) is 0 Å². The summed E-state index contributed by atoms with van der Waals surface area (Å²) < 4.78 is 43.5. The molecule has 0 aliphatic rings. The molecule has 4 heteroatoms. The summed E-state index contributed by atoms with van der Waals surface area (Å²) in [5, 5.41) is 0. The maximum absolute atomic E-state index is 13.1. The highest BCUT2D eigenvalue weighted by molar-refractivity contribution is 5.58. The van der Waals surface area contributed by atoms with Crippen LogP contribution in [0.3, 0.4) is 0 Å². The van der Waals surface area contributed by atoms with E-state index in [1.807, 2.05) is 0 Å². The summed E-state index contributed by atoms with van der Waals surface area (Å²) in [6.07, 6.45) is 1.30. The van der Waals surface area contributed by atoms with Gasteiger partial charge in [-0.3, -0.25) is 0 Å². The molecule has 0 aliphatic heterocycles. The van der Waals surface area contributed by atoms with Crippen molar-refractivity contribution in [1.82, 2.24) is 0 Å². The van der Waals surface area contributed by atoms with E-state index in [0.717, 1.165) is 6.07 Å². The highest BCUT2D eigenvalue weighted by atomic mass is 19.2. The Morgan fingerprint density at radius 1 is 1.07 bits per heavy atom. The number of furan rings is 1. The van der Waals surface area contributed by atoms with Crippen molar-refractivity contribution in [3.05, 3.63) is 48.0 Å². The van der Waals surface area contributed by atoms with E-state index in [4.69, 9.17) is 4.42 Å². The highest BCUT2D eigenvalue weighted by Crippen LogP contribution is 2.25.